The minimum Gasteiger partial charge on any atom is -0.349 e. The molecular formula is C20H23NOS. The molecule has 2 nitrogen and oxygen atoms in total. The number of thioether (sulfide) groups is 1. The number of hydrogen-bond donors (Lipinski definition) is 1. The summed E-state index contributed by atoms with van der Waals surface area (Å²) < 4.78 is 0. The maximum absolute atomic E-state index is 12.6. The van der Waals surface area contributed by atoms with Crippen molar-refractivity contribution >= 4 is 17.7 Å². The molecule has 3 rings (SSSR count). The van der Waals surface area contributed by atoms with E-state index in [9.17, 15) is 4.79 Å². The normalized spacial score (nSPS) is 15.3. The Bertz CT molecular complexity index is 635. The lowest BCUT2D eigenvalue weighted by Crippen LogP contribution is -2.36. The highest BCUT2D eigenvalue weighted by molar-refractivity contribution is 7.98. The van der Waals surface area contributed by atoms with Gasteiger partial charge in [-0.05, 0) is 30.5 Å². The molecule has 1 aliphatic rings. The quantitative estimate of drug-likeness (QED) is 0.780. The highest BCUT2D eigenvalue weighted by Crippen LogP contribution is 2.27. The molecular weight excluding hydrogens is 302 g/mol. The topological polar surface area (TPSA) is 29.1 Å². The zero-order valence-electron chi connectivity index (χ0n) is 13.3. The van der Waals surface area contributed by atoms with Crippen molar-refractivity contribution in [2.24, 2.45) is 0 Å². The number of amides is 1. The van der Waals surface area contributed by atoms with Crippen LogP contribution in [0.1, 0.15) is 48.0 Å². The molecule has 0 aromatic heterocycles. The fourth-order valence-corrected chi connectivity index (χ4v) is 4.03. The van der Waals surface area contributed by atoms with Crippen molar-refractivity contribution in [1.82, 2.24) is 5.32 Å². The molecule has 0 bridgehead atoms. The summed E-state index contributed by atoms with van der Waals surface area (Å²) in [6.45, 7) is 0. The first-order chi connectivity index (χ1) is 11.3. The average Bonchev–Trinajstić information content (AvgIpc) is 2.62. The van der Waals surface area contributed by atoms with Gasteiger partial charge in [0.15, 0.2) is 0 Å². The molecule has 1 saturated carbocycles. The van der Waals surface area contributed by atoms with Crippen LogP contribution < -0.4 is 5.32 Å². The van der Waals surface area contributed by atoms with Crippen LogP contribution in [0.25, 0.3) is 0 Å². The number of carbonyl (C=O) groups is 1. The van der Waals surface area contributed by atoms with Crippen molar-refractivity contribution in [2.75, 3.05) is 0 Å². The molecule has 2 aromatic rings. The van der Waals surface area contributed by atoms with E-state index in [4.69, 9.17) is 0 Å². The van der Waals surface area contributed by atoms with Gasteiger partial charge in [-0.2, -0.15) is 0 Å². The molecule has 0 unspecified atom stereocenters. The lowest BCUT2D eigenvalue weighted by atomic mass is 9.95. The van der Waals surface area contributed by atoms with Gasteiger partial charge in [-0.3, -0.25) is 4.79 Å². The SMILES string of the molecule is O=C(NC1CCCCC1)c1ccccc1SCc1ccccc1. The van der Waals surface area contributed by atoms with E-state index in [1.54, 1.807) is 11.8 Å². The predicted molar refractivity (Wildman–Crippen MR) is 96.8 cm³/mol. The van der Waals surface area contributed by atoms with Gasteiger partial charge in [-0.15, -0.1) is 11.8 Å². The van der Waals surface area contributed by atoms with E-state index >= 15 is 0 Å². The summed E-state index contributed by atoms with van der Waals surface area (Å²) in [6, 6.07) is 18.7. The van der Waals surface area contributed by atoms with E-state index in [1.165, 1.54) is 24.8 Å². The Balaban J connectivity index is 1.65. The summed E-state index contributed by atoms with van der Waals surface area (Å²) in [7, 11) is 0. The van der Waals surface area contributed by atoms with E-state index in [0.717, 1.165) is 29.1 Å². The molecule has 0 spiro atoms. The summed E-state index contributed by atoms with van der Waals surface area (Å²) in [5, 5.41) is 3.22. The van der Waals surface area contributed by atoms with Gasteiger partial charge in [0.2, 0.25) is 0 Å². The maximum Gasteiger partial charge on any atom is 0.252 e. The minimum atomic E-state index is 0.0769. The van der Waals surface area contributed by atoms with Crippen molar-refractivity contribution in [3.8, 4) is 0 Å². The third-order valence-corrected chi connectivity index (χ3v) is 5.45. The molecule has 3 heteroatoms. The van der Waals surface area contributed by atoms with Crippen LogP contribution in [0.2, 0.25) is 0 Å². The van der Waals surface area contributed by atoms with Crippen molar-refractivity contribution in [2.45, 2.75) is 48.8 Å². The largest absolute Gasteiger partial charge is 0.349 e. The van der Waals surface area contributed by atoms with Crippen LogP contribution in [0.3, 0.4) is 0 Å². The van der Waals surface area contributed by atoms with Gasteiger partial charge in [0.25, 0.3) is 5.91 Å². The van der Waals surface area contributed by atoms with E-state index in [0.29, 0.717) is 6.04 Å². The molecule has 0 heterocycles. The summed E-state index contributed by atoms with van der Waals surface area (Å²) in [5.41, 5.74) is 2.08. The monoisotopic (exact) mass is 325 g/mol. The van der Waals surface area contributed by atoms with Gasteiger partial charge < -0.3 is 5.32 Å². The molecule has 2 aromatic carbocycles. The number of nitrogens with one attached hydrogen (secondary N) is 1. The Kier molecular flexibility index (Phi) is 5.76. The van der Waals surface area contributed by atoms with Gasteiger partial charge >= 0.3 is 0 Å². The molecule has 0 radical (unpaired) electrons. The fraction of sp³-hybridized carbons (Fsp3) is 0.350. The summed E-state index contributed by atoms with van der Waals surface area (Å²) in [5.74, 6) is 0.960. The second-order valence-electron chi connectivity index (χ2n) is 6.08. The number of hydrogen-bond acceptors (Lipinski definition) is 2. The van der Waals surface area contributed by atoms with Crippen LogP contribution in [-0.4, -0.2) is 11.9 Å². The summed E-state index contributed by atoms with van der Waals surface area (Å²) >= 11 is 1.73. The van der Waals surface area contributed by atoms with E-state index in [-0.39, 0.29) is 5.91 Å². The highest BCUT2D eigenvalue weighted by Gasteiger charge is 2.18. The van der Waals surface area contributed by atoms with Crippen LogP contribution in [-0.2, 0) is 5.75 Å². The van der Waals surface area contributed by atoms with Crippen molar-refractivity contribution in [3.05, 3.63) is 65.7 Å². The minimum absolute atomic E-state index is 0.0769. The molecule has 0 atom stereocenters. The Morgan fingerprint density at radius 2 is 1.65 bits per heavy atom. The number of rotatable bonds is 5. The third kappa shape index (κ3) is 4.61. The standard InChI is InChI=1S/C20H23NOS/c22-20(21-17-11-5-2-6-12-17)18-13-7-8-14-19(18)23-15-16-9-3-1-4-10-16/h1,3-4,7-10,13-14,17H,2,5-6,11-12,15H2,(H,21,22). The number of benzene rings is 2. The first kappa shape index (κ1) is 16.1. The van der Waals surface area contributed by atoms with Crippen LogP contribution in [0.15, 0.2) is 59.5 Å². The van der Waals surface area contributed by atoms with E-state index in [2.05, 4.69) is 29.6 Å². The van der Waals surface area contributed by atoms with Gasteiger partial charge in [0.05, 0.1) is 5.56 Å². The second-order valence-corrected chi connectivity index (χ2v) is 7.10. The van der Waals surface area contributed by atoms with Gasteiger partial charge in [-0.25, -0.2) is 0 Å². The van der Waals surface area contributed by atoms with Gasteiger partial charge in [0, 0.05) is 16.7 Å². The van der Waals surface area contributed by atoms with E-state index in [1.807, 2.05) is 30.3 Å². The zero-order chi connectivity index (χ0) is 15.9. The van der Waals surface area contributed by atoms with Crippen LogP contribution in [0, 0.1) is 0 Å². The van der Waals surface area contributed by atoms with Crippen LogP contribution in [0.4, 0.5) is 0 Å². The molecule has 0 saturated heterocycles. The molecule has 1 N–H and O–H groups in total. The second kappa shape index (κ2) is 8.21. The first-order valence-electron chi connectivity index (χ1n) is 8.39. The Morgan fingerprint density at radius 1 is 0.957 bits per heavy atom. The lowest BCUT2D eigenvalue weighted by molar-refractivity contribution is 0.0924. The van der Waals surface area contributed by atoms with Crippen molar-refractivity contribution in [1.29, 1.82) is 0 Å². The molecule has 0 aliphatic heterocycles. The van der Waals surface area contributed by atoms with Gasteiger partial charge in [-0.1, -0.05) is 61.7 Å². The summed E-state index contributed by atoms with van der Waals surface area (Å²) in [6.07, 6.45) is 6.00. The molecule has 1 fully saturated rings. The average molecular weight is 325 g/mol. The molecule has 1 amide bonds. The molecule has 1 aliphatic carbocycles. The van der Waals surface area contributed by atoms with Crippen LogP contribution >= 0.6 is 11.8 Å². The predicted octanol–water partition coefficient (Wildman–Crippen LogP) is 5.04. The van der Waals surface area contributed by atoms with Crippen molar-refractivity contribution < 1.29 is 4.79 Å². The van der Waals surface area contributed by atoms with Crippen LogP contribution in [0.5, 0.6) is 0 Å². The summed E-state index contributed by atoms with van der Waals surface area (Å²) in [4.78, 5) is 13.7. The Hall–Kier alpha value is -1.74. The molecule has 23 heavy (non-hydrogen) atoms. The number of carbonyl (C=O) groups excluding carboxylic acids is 1. The van der Waals surface area contributed by atoms with Crippen molar-refractivity contribution in [3.63, 3.8) is 0 Å². The van der Waals surface area contributed by atoms with E-state index < -0.39 is 0 Å². The first-order valence-corrected chi connectivity index (χ1v) is 9.38. The third-order valence-electron chi connectivity index (χ3n) is 4.31. The maximum atomic E-state index is 12.6. The highest BCUT2D eigenvalue weighted by atomic mass is 32.2. The van der Waals surface area contributed by atoms with Gasteiger partial charge in [0.1, 0.15) is 0 Å². The molecule has 120 valence electrons. The Labute approximate surface area is 142 Å². The zero-order valence-corrected chi connectivity index (χ0v) is 14.1. The Morgan fingerprint density at radius 3 is 2.43 bits per heavy atom. The fourth-order valence-electron chi connectivity index (χ4n) is 3.03. The smallest absolute Gasteiger partial charge is 0.252 e. The lowest BCUT2D eigenvalue weighted by Gasteiger charge is -2.23.